The lowest BCUT2D eigenvalue weighted by atomic mass is 10.00. The second kappa shape index (κ2) is 6.69. The van der Waals surface area contributed by atoms with E-state index in [1.807, 2.05) is 6.07 Å². The van der Waals surface area contributed by atoms with Gasteiger partial charge in [-0.15, -0.1) is 11.6 Å². The van der Waals surface area contributed by atoms with Crippen LogP contribution in [0.2, 0.25) is 5.02 Å². The Hall–Kier alpha value is -0.640. The Bertz CT molecular complexity index is 431. The molecular formula is C14H18Cl2O3. The smallest absolute Gasteiger partial charge is 0.146 e. The van der Waals surface area contributed by atoms with Crippen molar-refractivity contribution in [3.63, 3.8) is 0 Å². The van der Waals surface area contributed by atoms with E-state index in [2.05, 4.69) is 0 Å². The Morgan fingerprint density at radius 3 is 2.63 bits per heavy atom. The topological polar surface area (TPSA) is 27.7 Å². The molecule has 1 heterocycles. The summed E-state index contributed by atoms with van der Waals surface area (Å²) in [5.41, 5.74) is 0.849. The van der Waals surface area contributed by atoms with Crippen molar-refractivity contribution in [2.24, 2.45) is 0 Å². The molecule has 1 aromatic rings. The molecule has 1 saturated heterocycles. The highest BCUT2D eigenvalue weighted by Gasteiger charge is 2.28. The molecule has 0 radical (unpaired) electrons. The van der Waals surface area contributed by atoms with Gasteiger partial charge in [-0.3, -0.25) is 0 Å². The van der Waals surface area contributed by atoms with Crippen LogP contribution in [-0.2, 0) is 4.74 Å². The number of rotatable bonds is 4. The van der Waals surface area contributed by atoms with Gasteiger partial charge in [-0.1, -0.05) is 11.6 Å². The van der Waals surface area contributed by atoms with E-state index in [-0.39, 0.29) is 11.5 Å². The lowest BCUT2D eigenvalue weighted by Crippen LogP contribution is -2.24. The molecule has 1 aliphatic rings. The second-order valence-electron chi connectivity index (χ2n) is 4.51. The zero-order valence-corrected chi connectivity index (χ0v) is 12.6. The molecule has 2 unspecified atom stereocenters. The lowest BCUT2D eigenvalue weighted by Gasteiger charge is -2.28. The van der Waals surface area contributed by atoms with Gasteiger partial charge in [0.05, 0.1) is 25.7 Å². The summed E-state index contributed by atoms with van der Waals surface area (Å²) in [6.07, 6.45) is 3.20. The predicted octanol–water partition coefficient (Wildman–Crippen LogP) is 4.21. The Labute approximate surface area is 123 Å². The quantitative estimate of drug-likeness (QED) is 0.780. The molecule has 1 fully saturated rings. The van der Waals surface area contributed by atoms with Gasteiger partial charge in [0, 0.05) is 12.2 Å². The fourth-order valence-electron chi connectivity index (χ4n) is 2.33. The fraction of sp³-hybridized carbons (Fsp3) is 0.571. The molecule has 1 aromatic carbocycles. The summed E-state index contributed by atoms with van der Waals surface area (Å²) in [5, 5.41) is 0.183. The molecule has 0 aromatic heterocycles. The zero-order valence-electron chi connectivity index (χ0n) is 11.1. The highest BCUT2D eigenvalue weighted by Crippen LogP contribution is 2.43. The van der Waals surface area contributed by atoms with Crippen molar-refractivity contribution < 1.29 is 14.2 Å². The van der Waals surface area contributed by atoms with Crippen LogP contribution < -0.4 is 9.47 Å². The van der Waals surface area contributed by atoms with Crippen LogP contribution in [0.5, 0.6) is 11.5 Å². The van der Waals surface area contributed by atoms with Crippen molar-refractivity contribution in [2.75, 3.05) is 20.8 Å². The third-order valence-corrected chi connectivity index (χ3v) is 4.23. The van der Waals surface area contributed by atoms with Crippen LogP contribution in [0.4, 0.5) is 0 Å². The first-order chi connectivity index (χ1) is 9.19. The average Bonchev–Trinajstić information content (AvgIpc) is 2.47. The van der Waals surface area contributed by atoms with E-state index in [1.165, 1.54) is 0 Å². The maximum absolute atomic E-state index is 6.53. The first kappa shape index (κ1) is 14.8. The van der Waals surface area contributed by atoms with Gasteiger partial charge >= 0.3 is 0 Å². The van der Waals surface area contributed by atoms with E-state index in [0.717, 1.165) is 31.4 Å². The van der Waals surface area contributed by atoms with Gasteiger partial charge in [0.15, 0.2) is 0 Å². The molecule has 0 N–H and O–H groups in total. The molecule has 19 heavy (non-hydrogen) atoms. The first-order valence-electron chi connectivity index (χ1n) is 6.35. The average molecular weight is 305 g/mol. The minimum Gasteiger partial charge on any atom is -0.495 e. The minimum absolute atomic E-state index is 0.00813. The van der Waals surface area contributed by atoms with E-state index < -0.39 is 0 Å². The van der Waals surface area contributed by atoms with Gasteiger partial charge in [0.2, 0.25) is 0 Å². The maximum atomic E-state index is 6.53. The number of hydrogen-bond donors (Lipinski definition) is 0. The second-order valence-corrected chi connectivity index (χ2v) is 5.36. The molecule has 106 valence electrons. The van der Waals surface area contributed by atoms with Crippen LogP contribution in [0.3, 0.4) is 0 Å². The van der Waals surface area contributed by atoms with E-state index in [1.54, 1.807) is 20.3 Å². The number of ether oxygens (including phenoxy) is 3. The van der Waals surface area contributed by atoms with Crippen molar-refractivity contribution in [3.8, 4) is 11.5 Å². The van der Waals surface area contributed by atoms with Gasteiger partial charge in [0.1, 0.15) is 16.5 Å². The maximum Gasteiger partial charge on any atom is 0.146 e. The van der Waals surface area contributed by atoms with Crippen LogP contribution in [0, 0.1) is 0 Å². The summed E-state index contributed by atoms with van der Waals surface area (Å²) >= 11 is 12.8. The molecule has 5 heteroatoms. The van der Waals surface area contributed by atoms with Gasteiger partial charge in [-0.2, -0.15) is 0 Å². The molecule has 0 amide bonds. The number of benzene rings is 1. The Morgan fingerprint density at radius 1 is 1.26 bits per heavy atom. The largest absolute Gasteiger partial charge is 0.495 e. The summed E-state index contributed by atoms with van der Waals surface area (Å²) in [6.45, 7) is 0.764. The summed E-state index contributed by atoms with van der Waals surface area (Å²) in [5.74, 6) is 1.14. The van der Waals surface area contributed by atoms with Crippen molar-refractivity contribution in [1.29, 1.82) is 0 Å². The molecule has 0 aliphatic carbocycles. The van der Waals surface area contributed by atoms with Crippen LogP contribution in [0.15, 0.2) is 12.1 Å². The van der Waals surface area contributed by atoms with Crippen molar-refractivity contribution >= 4 is 23.2 Å². The fourth-order valence-corrected chi connectivity index (χ4v) is 3.03. The highest BCUT2D eigenvalue weighted by molar-refractivity contribution is 6.34. The summed E-state index contributed by atoms with van der Waals surface area (Å²) in [4.78, 5) is 0. The summed E-state index contributed by atoms with van der Waals surface area (Å²) in [6, 6.07) is 3.69. The third kappa shape index (κ3) is 3.10. The van der Waals surface area contributed by atoms with Gasteiger partial charge in [-0.25, -0.2) is 0 Å². The molecular weight excluding hydrogens is 287 g/mol. The van der Waals surface area contributed by atoms with E-state index in [0.29, 0.717) is 16.5 Å². The predicted molar refractivity (Wildman–Crippen MR) is 76.7 cm³/mol. The van der Waals surface area contributed by atoms with Gasteiger partial charge < -0.3 is 14.2 Å². The molecule has 2 atom stereocenters. The zero-order chi connectivity index (χ0) is 13.8. The molecule has 0 spiro atoms. The van der Waals surface area contributed by atoms with Gasteiger partial charge in [0.25, 0.3) is 0 Å². The van der Waals surface area contributed by atoms with Crippen LogP contribution in [0.25, 0.3) is 0 Å². The van der Waals surface area contributed by atoms with Crippen molar-refractivity contribution in [3.05, 3.63) is 22.7 Å². The number of methoxy groups -OCH3 is 2. The first-order valence-corrected chi connectivity index (χ1v) is 7.16. The summed E-state index contributed by atoms with van der Waals surface area (Å²) in [7, 11) is 3.15. The Kier molecular flexibility index (Phi) is 5.20. The van der Waals surface area contributed by atoms with Crippen LogP contribution in [-0.4, -0.2) is 26.9 Å². The molecule has 2 rings (SSSR count). The van der Waals surface area contributed by atoms with Crippen LogP contribution in [0.1, 0.15) is 30.2 Å². The normalized spacial score (nSPS) is 20.9. The SMILES string of the molecule is COc1ccc(C(Cl)C2CCCCO2)c(OC)c1Cl. The van der Waals surface area contributed by atoms with Crippen molar-refractivity contribution in [2.45, 2.75) is 30.7 Å². The Morgan fingerprint density at radius 2 is 2.05 bits per heavy atom. The van der Waals surface area contributed by atoms with Crippen LogP contribution >= 0.6 is 23.2 Å². The molecule has 3 nitrogen and oxygen atoms in total. The Balaban J connectivity index is 2.30. The van der Waals surface area contributed by atoms with Crippen molar-refractivity contribution in [1.82, 2.24) is 0 Å². The third-order valence-electron chi connectivity index (χ3n) is 3.35. The number of hydrogen-bond acceptors (Lipinski definition) is 3. The molecule has 0 saturated carbocycles. The minimum atomic E-state index is -0.265. The van der Waals surface area contributed by atoms with E-state index in [9.17, 15) is 0 Å². The number of alkyl halides is 1. The van der Waals surface area contributed by atoms with E-state index >= 15 is 0 Å². The molecule has 0 bridgehead atoms. The highest BCUT2D eigenvalue weighted by atomic mass is 35.5. The number of halogens is 2. The standard InChI is InChI=1S/C14H18Cl2O3/c1-17-10-7-6-9(14(18-2)13(10)16)12(15)11-5-3-4-8-19-11/h6-7,11-12H,3-5,8H2,1-2H3. The molecule has 1 aliphatic heterocycles. The lowest BCUT2D eigenvalue weighted by molar-refractivity contribution is 0.0132. The van der Waals surface area contributed by atoms with Gasteiger partial charge in [-0.05, 0) is 31.4 Å². The summed E-state index contributed by atoms with van der Waals surface area (Å²) < 4.78 is 16.3. The monoisotopic (exact) mass is 304 g/mol. The van der Waals surface area contributed by atoms with E-state index in [4.69, 9.17) is 37.4 Å².